The Labute approximate surface area is 53.5 Å². The number of hydrogen-bond acceptors (Lipinski definition) is 3. The second-order valence-corrected chi connectivity index (χ2v) is 2.41. The standard InChI is InChI=1S/C5H9NOS/c1-8-3-2-5(7)4-6/h5,7H,2-3H2,1H3/t5-/m0/s1. The van der Waals surface area contributed by atoms with E-state index in [0.29, 0.717) is 6.42 Å². The van der Waals surface area contributed by atoms with Crippen LogP contribution in [0.4, 0.5) is 0 Å². The van der Waals surface area contributed by atoms with Gasteiger partial charge in [-0.3, -0.25) is 0 Å². The van der Waals surface area contributed by atoms with E-state index in [1.807, 2.05) is 6.26 Å². The molecule has 0 aliphatic carbocycles. The molecule has 0 aromatic heterocycles. The summed E-state index contributed by atoms with van der Waals surface area (Å²) in [5, 5.41) is 16.7. The van der Waals surface area contributed by atoms with Crippen molar-refractivity contribution in [3.63, 3.8) is 0 Å². The lowest BCUT2D eigenvalue weighted by Crippen LogP contribution is -2.02. The molecule has 0 saturated heterocycles. The summed E-state index contributed by atoms with van der Waals surface area (Å²) in [4.78, 5) is 0. The van der Waals surface area contributed by atoms with Crippen LogP contribution >= 0.6 is 11.8 Å². The van der Waals surface area contributed by atoms with Crippen molar-refractivity contribution < 1.29 is 5.11 Å². The van der Waals surface area contributed by atoms with Crippen LogP contribution in [0.3, 0.4) is 0 Å². The molecule has 0 aromatic carbocycles. The highest BCUT2D eigenvalue weighted by Crippen LogP contribution is 1.98. The molecule has 0 aromatic rings. The van der Waals surface area contributed by atoms with Crippen LogP contribution in [0.2, 0.25) is 0 Å². The Hall–Kier alpha value is -0.200. The normalized spacial score (nSPS) is 12.6. The number of hydrogen-bond donors (Lipinski definition) is 1. The Morgan fingerprint density at radius 1 is 1.88 bits per heavy atom. The van der Waals surface area contributed by atoms with Gasteiger partial charge in [-0.05, 0) is 18.4 Å². The highest BCUT2D eigenvalue weighted by molar-refractivity contribution is 7.98. The predicted molar refractivity (Wildman–Crippen MR) is 34.6 cm³/mol. The zero-order valence-corrected chi connectivity index (χ0v) is 5.61. The molecule has 0 unspecified atom stereocenters. The van der Waals surface area contributed by atoms with E-state index in [9.17, 15) is 0 Å². The summed E-state index contributed by atoms with van der Waals surface area (Å²) >= 11 is 1.63. The van der Waals surface area contributed by atoms with Crippen molar-refractivity contribution in [1.82, 2.24) is 0 Å². The van der Waals surface area contributed by atoms with Gasteiger partial charge in [-0.25, -0.2) is 0 Å². The molecule has 1 atom stereocenters. The molecule has 8 heavy (non-hydrogen) atoms. The maximum Gasteiger partial charge on any atom is 0.141 e. The molecule has 0 heterocycles. The van der Waals surface area contributed by atoms with Gasteiger partial charge in [-0.2, -0.15) is 17.0 Å². The second kappa shape index (κ2) is 4.95. The van der Waals surface area contributed by atoms with Crippen LogP contribution in [0.25, 0.3) is 0 Å². The Morgan fingerprint density at radius 3 is 2.88 bits per heavy atom. The molecule has 0 rings (SSSR count). The first-order valence-corrected chi connectivity index (χ1v) is 3.77. The number of rotatable bonds is 3. The topological polar surface area (TPSA) is 44.0 Å². The lowest BCUT2D eigenvalue weighted by molar-refractivity contribution is 0.227. The van der Waals surface area contributed by atoms with E-state index in [4.69, 9.17) is 10.4 Å². The van der Waals surface area contributed by atoms with Crippen molar-refractivity contribution >= 4 is 11.8 Å². The van der Waals surface area contributed by atoms with Crippen LogP contribution < -0.4 is 0 Å². The summed E-state index contributed by atoms with van der Waals surface area (Å²) in [5.74, 6) is 0.856. The van der Waals surface area contributed by atoms with Crippen LogP contribution in [0.15, 0.2) is 0 Å². The summed E-state index contributed by atoms with van der Waals surface area (Å²) in [7, 11) is 0. The molecule has 46 valence electrons. The fourth-order valence-electron chi connectivity index (χ4n) is 0.294. The fourth-order valence-corrected chi connectivity index (χ4v) is 0.753. The van der Waals surface area contributed by atoms with E-state index in [1.165, 1.54) is 0 Å². The Kier molecular flexibility index (Phi) is 4.82. The van der Waals surface area contributed by atoms with E-state index >= 15 is 0 Å². The van der Waals surface area contributed by atoms with Crippen molar-refractivity contribution in [3.8, 4) is 6.07 Å². The smallest absolute Gasteiger partial charge is 0.141 e. The van der Waals surface area contributed by atoms with E-state index in [-0.39, 0.29) is 0 Å². The molecule has 0 amide bonds. The highest BCUT2D eigenvalue weighted by Gasteiger charge is 1.97. The quantitative estimate of drug-likeness (QED) is 0.571. The summed E-state index contributed by atoms with van der Waals surface area (Å²) in [6.07, 6.45) is 1.77. The molecule has 0 spiro atoms. The maximum absolute atomic E-state index is 8.61. The Bertz CT molecular complexity index is 88.9. The summed E-state index contributed by atoms with van der Waals surface area (Å²) < 4.78 is 0. The third kappa shape index (κ3) is 3.97. The number of nitrogens with zero attached hydrogens (tertiary/aromatic N) is 1. The summed E-state index contributed by atoms with van der Waals surface area (Å²) in [6.45, 7) is 0. The van der Waals surface area contributed by atoms with E-state index in [1.54, 1.807) is 17.8 Å². The molecule has 3 heteroatoms. The molecule has 0 aliphatic heterocycles. The lowest BCUT2D eigenvalue weighted by atomic mass is 10.3. The summed E-state index contributed by atoms with van der Waals surface area (Å²) in [5.41, 5.74) is 0. The van der Waals surface area contributed by atoms with Gasteiger partial charge in [-0.15, -0.1) is 0 Å². The van der Waals surface area contributed by atoms with Gasteiger partial charge in [0, 0.05) is 0 Å². The first kappa shape index (κ1) is 7.80. The van der Waals surface area contributed by atoms with Crippen molar-refractivity contribution in [1.29, 1.82) is 5.26 Å². The van der Waals surface area contributed by atoms with Gasteiger partial charge in [0.25, 0.3) is 0 Å². The summed E-state index contributed by atoms with van der Waals surface area (Å²) in [6, 6.07) is 1.74. The maximum atomic E-state index is 8.61. The molecule has 0 saturated carbocycles. The first-order chi connectivity index (χ1) is 3.81. The predicted octanol–water partition coefficient (Wildman–Crippen LogP) is 0.624. The van der Waals surface area contributed by atoms with Crippen LogP contribution in [0.1, 0.15) is 6.42 Å². The molecule has 0 bridgehead atoms. The molecular weight excluding hydrogens is 122 g/mol. The molecule has 0 fully saturated rings. The first-order valence-electron chi connectivity index (χ1n) is 2.38. The van der Waals surface area contributed by atoms with E-state index in [0.717, 1.165) is 5.75 Å². The van der Waals surface area contributed by atoms with Crippen molar-refractivity contribution in [2.24, 2.45) is 0 Å². The minimum absolute atomic E-state index is 0.581. The van der Waals surface area contributed by atoms with E-state index in [2.05, 4.69) is 0 Å². The van der Waals surface area contributed by atoms with Crippen LogP contribution in [-0.4, -0.2) is 23.2 Å². The molecular formula is C5H9NOS. The molecule has 0 aliphatic rings. The largest absolute Gasteiger partial charge is 0.378 e. The number of aliphatic hydroxyl groups excluding tert-OH is 1. The zero-order valence-electron chi connectivity index (χ0n) is 4.79. The average molecular weight is 131 g/mol. The number of aliphatic hydroxyl groups is 1. The lowest BCUT2D eigenvalue weighted by Gasteiger charge is -1.95. The van der Waals surface area contributed by atoms with Crippen LogP contribution in [0.5, 0.6) is 0 Å². The minimum Gasteiger partial charge on any atom is -0.378 e. The van der Waals surface area contributed by atoms with Crippen molar-refractivity contribution in [2.75, 3.05) is 12.0 Å². The van der Waals surface area contributed by atoms with Gasteiger partial charge in [-0.1, -0.05) is 0 Å². The van der Waals surface area contributed by atoms with Gasteiger partial charge in [0.05, 0.1) is 6.07 Å². The molecule has 0 radical (unpaired) electrons. The van der Waals surface area contributed by atoms with Crippen molar-refractivity contribution in [3.05, 3.63) is 0 Å². The van der Waals surface area contributed by atoms with Crippen LogP contribution in [-0.2, 0) is 0 Å². The fraction of sp³-hybridized carbons (Fsp3) is 0.800. The minimum atomic E-state index is -0.762. The van der Waals surface area contributed by atoms with Gasteiger partial charge >= 0.3 is 0 Å². The van der Waals surface area contributed by atoms with Gasteiger partial charge in [0.1, 0.15) is 6.10 Å². The SMILES string of the molecule is CSCC[C@H](O)C#N. The Morgan fingerprint density at radius 2 is 2.50 bits per heavy atom. The van der Waals surface area contributed by atoms with E-state index < -0.39 is 6.10 Å². The molecule has 1 N–H and O–H groups in total. The van der Waals surface area contributed by atoms with Gasteiger partial charge in [0.15, 0.2) is 0 Å². The average Bonchev–Trinajstić information content (AvgIpc) is 1.83. The zero-order chi connectivity index (χ0) is 6.41. The number of thioether (sulfide) groups is 1. The third-order valence-corrected chi connectivity index (χ3v) is 1.39. The van der Waals surface area contributed by atoms with Crippen LogP contribution in [0, 0.1) is 11.3 Å². The second-order valence-electron chi connectivity index (χ2n) is 1.43. The molecule has 2 nitrogen and oxygen atoms in total. The monoisotopic (exact) mass is 131 g/mol. The highest BCUT2D eigenvalue weighted by atomic mass is 32.2. The Balaban J connectivity index is 3.02. The number of nitriles is 1. The van der Waals surface area contributed by atoms with Crippen molar-refractivity contribution in [2.45, 2.75) is 12.5 Å². The van der Waals surface area contributed by atoms with Gasteiger partial charge in [0.2, 0.25) is 0 Å². The van der Waals surface area contributed by atoms with Gasteiger partial charge < -0.3 is 5.11 Å². The third-order valence-electron chi connectivity index (χ3n) is 0.744.